The van der Waals surface area contributed by atoms with Gasteiger partial charge in [0.25, 0.3) is 0 Å². The summed E-state index contributed by atoms with van der Waals surface area (Å²) in [7, 11) is 0. The number of ether oxygens (including phenoxy) is 1. The van der Waals surface area contributed by atoms with Gasteiger partial charge in [0.15, 0.2) is 0 Å². The van der Waals surface area contributed by atoms with Gasteiger partial charge in [0.1, 0.15) is 17.6 Å². The Kier molecular flexibility index (Phi) is 5.54. The van der Waals surface area contributed by atoms with E-state index in [2.05, 4.69) is 35.6 Å². The lowest BCUT2D eigenvalue weighted by Gasteiger charge is -2.26. The van der Waals surface area contributed by atoms with E-state index >= 15 is 0 Å². The van der Waals surface area contributed by atoms with Crippen LogP contribution >= 0.6 is 0 Å². The summed E-state index contributed by atoms with van der Waals surface area (Å²) in [6.07, 6.45) is 5.80. The van der Waals surface area contributed by atoms with E-state index in [1.54, 1.807) is 12.1 Å². The molecule has 0 amide bonds. The molecule has 1 atom stereocenters. The molecule has 1 heterocycles. The van der Waals surface area contributed by atoms with Gasteiger partial charge in [-0.3, -0.25) is 0 Å². The number of nitrogens with one attached hydrogen (secondary N) is 1. The maximum atomic E-state index is 9.55. The van der Waals surface area contributed by atoms with Crippen molar-refractivity contribution in [3.05, 3.63) is 59.7 Å². The predicted octanol–water partition coefficient (Wildman–Crippen LogP) is 3.70. The first-order chi connectivity index (χ1) is 11.3. The second-order valence-electron chi connectivity index (χ2n) is 6.22. The van der Waals surface area contributed by atoms with Gasteiger partial charge in [-0.1, -0.05) is 36.4 Å². The van der Waals surface area contributed by atoms with Gasteiger partial charge in [0.05, 0.1) is 0 Å². The van der Waals surface area contributed by atoms with Crippen LogP contribution in [0.25, 0.3) is 0 Å². The van der Waals surface area contributed by atoms with Crippen molar-refractivity contribution >= 4 is 0 Å². The molecule has 122 valence electrons. The standard InChI is InChI=1S/C20H25NO2/c22-18-11-9-17-10-12-19(23-20(17)14-18)15-21-13-5-4-8-16-6-2-1-3-7-16/h1-3,6-7,9,11,14,19,21-22H,4-5,8,10,12-13,15H2/t19-/m0/s1. The molecule has 0 saturated carbocycles. The molecule has 0 aliphatic carbocycles. The number of hydrogen-bond acceptors (Lipinski definition) is 3. The number of unbranched alkanes of at least 4 members (excludes halogenated alkanes) is 1. The van der Waals surface area contributed by atoms with Crippen LogP contribution in [0.2, 0.25) is 0 Å². The van der Waals surface area contributed by atoms with E-state index in [0.717, 1.165) is 38.1 Å². The highest BCUT2D eigenvalue weighted by Gasteiger charge is 2.19. The molecule has 23 heavy (non-hydrogen) atoms. The Bertz CT molecular complexity index is 612. The van der Waals surface area contributed by atoms with Gasteiger partial charge in [-0.2, -0.15) is 0 Å². The van der Waals surface area contributed by atoms with Crippen molar-refractivity contribution in [2.45, 2.75) is 38.2 Å². The Morgan fingerprint density at radius 2 is 1.96 bits per heavy atom. The Hall–Kier alpha value is -2.00. The van der Waals surface area contributed by atoms with Crippen LogP contribution in [-0.2, 0) is 12.8 Å². The maximum absolute atomic E-state index is 9.55. The first-order valence-electron chi connectivity index (χ1n) is 8.54. The summed E-state index contributed by atoms with van der Waals surface area (Å²) in [4.78, 5) is 0. The number of phenols is 1. The summed E-state index contributed by atoms with van der Waals surface area (Å²) in [5, 5.41) is 13.0. The Morgan fingerprint density at radius 3 is 2.83 bits per heavy atom. The number of rotatable bonds is 7. The summed E-state index contributed by atoms with van der Waals surface area (Å²) < 4.78 is 5.97. The normalized spacial score (nSPS) is 16.6. The zero-order chi connectivity index (χ0) is 15.9. The first kappa shape index (κ1) is 15.9. The molecule has 0 radical (unpaired) electrons. The van der Waals surface area contributed by atoms with Crippen molar-refractivity contribution < 1.29 is 9.84 Å². The van der Waals surface area contributed by atoms with Gasteiger partial charge in [-0.05, 0) is 55.8 Å². The molecule has 1 aliphatic heterocycles. The number of phenolic OH excluding ortho intramolecular Hbond substituents is 1. The molecule has 3 nitrogen and oxygen atoms in total. The zero-order valence-electron chi connectivity index (χ0n) is 13.5. The van der Waals surface area contributed by atoms with Gasteiger partial charge in [-0.15, -0.1) is 0 Å². The molecule has 0 aromatic heterocycles. The fraction of sp³-hybridized carbons (Fsp3) is 0.400. The molecule has 2 aromatic rings. The molecule has 0 unspecified atom stereocenters. The van der Waals surface area contributed by atoms with E-state index in [4.69, 9.17) is 4.74 Å². The summed E-state index contributed by atoms with van der Waals surface area (Å²) in [5.41, 5.74) is 2.61. The lowest BCUT2D eigenvalue weighted by Crippen LogP contribution is -2.34. The van der Waals surface area contributed by atoms with Gasteiger partial charge >= 0.3 is 0 Å². The smallest absolute Gasteiger partial charge is 0.126 e. The van der Waals surface area contributed by atoms with Crippen LogP contribution in [0.4, 0.5) is 0 Å². The monoisotopic (exact) mass is 311 g/mol. The highest BCUT2D eigenvalue weighted by atomic mass is 16.5. The summed E-state index contributed by atoms with van der Waals surface area (Å²) in [6, 6.07) is 16.1. The van der Waals surface area contributed by atoms with Crippen LogP contribution in [-0.4, -0.2) is 24.3 Å². The molecule has 3 heteroatoms. The van der Waals surface area contributed by atoms with E-state index in [0.29, 0.717) is 0 Å². The Morgan fingerprint density at radius 1 is 1.09 bits per heavy atom. The first-order valence-corrected chi connectivity index (χ1v) is 8.54. The Labute approximate surface area is 138 Å². The summed E-state index contributed by atoms with van der Waals surface area (Å²) >= 11 is 0. The molecular weight excluding hydrogens is 286 g/mol. The fourth-order valence-electron chi connectivity index (χ4n) is 3.05. The third kappa shape index (κ3) is 4.73. The average Bonchev–Trinajstić information content (AvgIpc) is 2.58. The molecule has 1 aliphatic rings. The zero-order valence-corrected chi connectivity index (χ0v) is 13.5. The maximum Gasteiger partial charge on any atom is 0.126 e. The van der Waals surface area contributed by atoms with Crippen molar-refractivity contribution in [1.82, 2.24) is 5.32 Å². The summed E-state index contributed by atoms with van der Waals surface area (Å²) in [5.74, 6) is 1.12. The third-order valence-electron chi connectivity index (χ3n) is 4.36. The Balaban J connectivity index is 1.32. The number of hydrogen-bond donors (Lipinski definition) is 2. The van der Waals surface area contributed by atoms with E-state index < -0.39 is 0 Å². The molecular formula is C20H25NO2. The quantitative estimate of drug-likeness (QED) is 0.766. The van der Waals surface area contributed by atoms with E-state index in [9.17, 15) is 5.11 Å². The number of fused-ring (bicyclic) bond motifs is 1. The highest BCUT2D eigenvalue weighted by Crippen LogP contribution is 2.30. The van der Waals surface area contributed by atoms with Crippen LogP contribution in [0, 0.1) is 0 Å². The largest absolute Gasteiger partial charge is 0.508 e. The van der Waals surface area contributed by atoms with Crippen LogP contribution in [0.3, 0.4) is 0 Å². The number of aryl methyl sites for hydroxylation is 2. The predicted molar refractivity (Wildman–Crippen MR) is 93.1 cm³/mol. The lowest BCUT2D eigenvalue weighted by molar-refractivity contribution is 0.170. The molecule has 0 bridgehead atoms. The second-order valence-corrected chi connectivity index (χ2v) is 6.22. The van der Waals surface area contributed by atoms with E-state index in [1.165, 1.54) is 24.0 Å². The van der Waals surface area contributed by atoms with Crippen molar-refractivity contribution in [2.24, 2.45) is 0 Å². The van der Waals surface area contributed by atoms with Crippen LogP contribution in [0.15, 0.2) is 48.5 Å². The van der Waals surface area contributed by atoms with Gasteiger partial charge in [0, 0.05) is 12.6 Å². The van der Waals surface area contributed by atoms with Crippen LogP contribution in [0.1, 0.15) is 30.4 Å². The highest BCUT2D eigenvalue weighted by molar-refractivity contribution is 5.41. The molecule has 2 N–H and O–H groups in total. The van der Waals surface area contributed by atoms with Crippen molar-refractivity contribution in [1.29, 1.82) is 0 Å². The second kappa shape index (κ2) is 8.02. The van der Waals surface area contributed by atoms with Crippen molar-refractivity contribution in [2.75, 3.05) is 13.1 Å². The summed E-state index contributed by atoms with van der Waals surface area (Å²) in [6.45, 7) is 1.90. The van der Waals surface area contributed by atoms with Gasteiger partial charge < -0.3 is 15.2 Å². The molecule has 0 fully saturated rings. The fourth-order valence-corrected chi connectivity index (χ4v) is 3.05. The molecule has 2 aromatic carbocycles. The van der Waals surface area contributed by atoms with Crippen LogP contribution in [0.5, 0.6) is 11.5 Å². The number of benzene rings is 2. The van der Waals surface area contributed by atoms with E-state index in [-0.39, 0.29) is 11.9 Å². The minimum atomic E-state index is 0.207. The average molecular weight is 311 g/mol. The molecule has 0 spiro atoms. The van der Waals surface area contributed by atoms with E-state index in [1.807, 2.05) is 6.07 Å². The van der Waals surface area contributed by atoms with Crippen molar-refractivity contribution in [3.8, 4) is 11.5 Å². The third-order valence-corrected chi connectivity index (χ3v) is 4.36. The minimum absolute atomic E-state index is 0.207. The van der Waals surface area contributed by atoms with Crippen LogP contribution < -0.4 is 10.1 Å². The van der Waals surface area contributed by atoms with Gasteiger partial charge in [0.2, 0.25) is 0 Å². The van der Waals surface area contributed by atoms with Gasteiger partial charge in [-0.25, -0.2) is 0 Å². The topological polar surface area (TPSA) is 41.5 Å². The minimum Gasteiger partial charge on any atom is -0.508 e. The lowest BCUT2D eigenvalue weighted by atomic mass is 10.0. The number of aromatic hydroxyl groups is 1. The molecule has 3 rings (SSSR count). The molecule has 0 saturated heterocycles. The van der Waals surface area contributed by atoms with Crippen molar-refractivity contribution in [3.63, 3.8) is 0 Å². The SMILES string of the molecule is Oc1ccc2c(c1)O[C@H](CNCCCCc1ccccc1)CC2.